The summed E-state index contributed by atoms with van der Waals surface area (Å²) in [6, 6.07) is 25.1. The maximum Gasteiger partial charge on any atom is 0.317 e. The molecule has 0 aliphatic heterocycles. The third-order valence-corrected chi connectivity index (χ3v) is 4.39. The minimum absolute atomic E-state index is 0.261. The summed E-state index contributed by atoms with van der Waals surface area (Å²) >= 11 is 1.47. The maximum atomic E-state index is 12.3. The molecule has 3 aromatic rings. The Bertz CT molecular complexity index is 724. The van der Waals surface area contributed by atoms with Crippen molar-refractivity contribution in [2.45, 2.75) is 11.0 Å². The van der Waals surface area contributed by atoms with Crippen LogP contribution in [-0.2, 0) is 9.53 Å². The van der Waals surface area contributed by atoms with Crippen LogP contribution in [0, 0.1) is 0 Å². The number of carbonyl (C=O) groups excluding carboxylic acids is 1. The molecule has 3 nitrogen and oxygen atoms in total. The van der Waals surface area contributed by atoms with Gasteiger partial charge in [0.1, 0.15) is 0 Å². The van der Waals surface area contributed by atoms with Gasteiger partial charge in [0, 0.05) is 11.1 Å². The first-order valence-corrected chi connectivity index (χ1v) is 8.65. The number of rotatable bonds is 6. The summed E-state index contributed by atoms with van der Waals surface area (Å²) in [5.74, 6) is 0.00329. The van der Waals surface area contributed by atoms with Crippen molar-refractivity contribution in [3.63, 3.8) is 0 Å². The lowest BCUT2D eigenvalue weighted by Crippen LogP contribution is -2.15. The zero-order valence-corrected chi connectivity index (χ0v) is 13.9. The van der Waals surface area contributed by atoms with Crippen LogP contribution in [0.1, 0.15) is 17.4 Å². The molecule has 4 heteroatoms. The first kappa shape index (κ1) is 16.3. The summed E-state index contributed by atoms with van der Waals surface area (Å²) in [5.41, 5.74) is 1.64. The van der Waals surface area contributed by atoms with Crippen molar-refractivity contribution in [3.05, 3.63) is 96.3 Å². The molecule has 0 aliphatic carbocycles. The van der Waals surface area contributed by atoms with Gasteiger partial charge in [0.15, 0.2) is 6.10 Å². The Morgan fingerprint density at radius 1 is 0.917 bits per heavy atom. The average molecular weight is 335 g/mol. The monoisotopic (exact) mass is 335 g/mol. The van der Waals surface area contributed by atoms with Crippen LogP contribution < -0.4 is 0 Å². The smallest absolute Gasteiger partial charge is 0.317 e. The summed E-state index contributed by atoms with van der Waals surface area (Å²) in [6.45, 7) is 0. The van der Waals surface area contributed by atoms with E-state index in [4.69, 9.17) is 4.74 Å². The molecule has 2 aromatic carbocycles. The van der Waals surface area contributed by atoms with Gasteiger partial charge in [-0.1, -0.05) is 54.6 Å². The van der Waals surface area contributed by atoms with E-state index < -0.39 is 6.10 Å². The van der Waals surface area contributed by atoms with Gasteiger partial charge < -0.3 is 4.74 Å². The zero-order chi connectivity index (χ0) is 16.6. The van der Waals surface area contributed by atoms with Gasteiger partial charge in [0.25, 0.3) is 0 Å². The molecule has 0 radical (unpaired) electrons. The lowest BCUT2D eigenvalue weighted by atomic mass is 10.1. The Morgan fingerprint density at radius 3 is 2.25 bits per heavy atom. The summed E-state index contributed by atoms with van der Waals surface area (Å²) in [7, 11) is 0. The molecule has 24 heavy (non-hydrogen) atoms. The second-order valence-electron chi connectivity index (χ2n) is 5.14. The van der Waals surface area contributed by atoms with E-state index in [1.807, 2.05) is 78.9 Å². The van der Waals surface area contributed by atoms with E-state index in [0.29, 0.717) is 0 Å². The first-order valence-electron chi connectivity index (χ1n) is 7.66. The van der Waals surface area contributed by atoms with Gasteiger partial charge in [-0.2, -0.15) is 0 Å². The largest absolute Gasteiger partial charge is 0.450 e. The highest BCUT2D eigenvalue weighted by atomic mass is 32.2. The lowest BCUT2D eigenvalue weighted by Gasteiger charge is -2.17. The van der Waals surface area contributed by atoms with Crippen molar-refractivity contribution in [1.82, 2.24) is 4.98 Å². The number of pyridine rings is 1. The molecule has 1 unspecified atom stereocenters. The van der Waals surface area contributed by atoms with Crippen molar-refractivity contribution in [2.24, 2.45) is 0 Å². The molecular formula is C20H17NO2S. The van der Waals surface area contributed by atoms with Gasteiger partial charge in [0.05, 0.1) is 11.4 Å². The normalized spacial score (nSPS) is 11.7. The molecule has 1 heterocycles. The van der Waals surface area contributed by atoms with E-state index in [0.717, 1.165) is 16.2 Å². The van der Waals surface area contributed by atoms with Crippen LogP contribution in [0.3, 0.4) is 0 Å². The molecular weight excluding hydrogens is 318 g/mol. The second-order valence-corrected chi connectivity index (χ2v) is 6.19. The highest BCUT2D eigenvalue weighted by Crippen LogP contribution is 2.25. The molecule has 0 saturated heterocycles. The number of ether oxygens (including phenoxy) is 1. The van der Waals surface area contributed by atoms with Crippen LogP contribution in [0.2, 0.25) is 0 Å². The van der Waals surface area contributed by atoms with Crippen molar-refractivity contribution in [2.75, 3.05) is 5.75 Å². The van der Waals surface area contributed by atoms with Crippen LogP contribution in [-0.4, -0.2) is 16.7 Å². The van der Waals surface area contributed by atoms with Gasteiger partial charge in [0.2, 0.25) is 0 Å². The highest BCUT2D eigenvalue weighted by Gasteiger charge is 2.20. The fraction of sp³-hybridized carbons (Fsp3) is 0.100. The van der Waals surface area contributed by atoms with Gasteiger partial charge in [-0.05, 0) is 29.8 Å². The molecule has 0 amide bonds. The molecule has 120 valence electrons. The number of carbonyl (C=O) groups is 1. The quantitative estimate of drug-likeness (QED) is 0.491. The van der Waals surface area contributed by atoms with E-state index in [9.17, 15) is 4.79 Å². The van der Waals surface area contributed by atoms with Gasteiger partial charge in [-0.25, -0.2) is 0 Å². The van der Waals surface area contributed by atoms with Gasteiger partial charge >= 0.3 is 5.97 Å². The molecule has 0 bridgehead atoms. The van der Waals surface area contributed by atoms with Crippen molar-refractivity contribution in [1.29, 1.82) is 0 Å². The topological polar surface area (TPSA) is 39.2 Å². The summed E-state index contributed by atoms with van der Waals surface area (Å²) < 4.78 is 5.72. The van der Waals surface area contributed by atoms with Crippen molar-refractivity contribution in [3.8, 4) is 0 Å². The molecule has 0 aliphatic rings. The van der Waals surface area contributed by atoms with E-state index in [1.165, 1.54) is 11.8 Å². The third kappa shape index (κ3) is 4.46. The van der Waals surface area contributed by atoms with Crippen LogP contribution in [0.5, 0.6) is 0 Å². The average Bonchev–Trinajstić information content (AvgIpc) is 2.67. The molecule has 0 saturated carbocycles. The summed E-state index contributed by atoms with van der Waals surface area (Å²) in [5, 5.41) is 0. The Labute approximate surface area is 145 Å². The minimum atomic E-state index is -0.490. The fourth-order valence-corrected chi connectivity index (χ4v) is 2.98. The number of esters is 1. The third-order valence-electron chi connectivity index (χ3n) is 3.41. The van der Waals surface area contributed by atoms with Crippen LogP contribution in [0.4, 0.5) is 0 Å². The van der Waals surface area contributed by atoms with Crippen LogP contribution in [0.25, 0.3) is 0 Å². The number of aromatic nitrogens is 1. The highest BCUT2D eigenvalue weighted by molar-refractivity contribution is 8.00. The predicted octanol–water partition coefficient (Wildman–Crippen LogP) is 4.51. The molecule has 0 spiro atoms. The first-order chi connectivity index (χ1) is 11.8. The molecule has 0 fully saturated rings. The van der Waals surface area contributed by atoms with Gasteiger partial charge in [-0.3, -0.25) is 9.78 Å². The number of hydrogen-bond donors (Lipinski definition) is 0. The van der Waals surface area contributed by atoms with E-state index in [1.54, 1.807) is 6.20 Å². The Morgan fingerprint density at radius 2 is 1.58 bits per heavy atom. The number of thioether (sulfide) groups is 1. The fourth-order valence-electron chi connectivity index (χ4n) is 2.28. The summed E-state index contributed by atoms with van der Waals surface area (Å²) in [4.78, 5) is 17.7. The number of nitrogens with zero attached hydrogens (tertiary/aromatic N) is 1. The predicted molar refractivity (Wildman–Crippen MR) is 95.8 cm³/mol. The van der Waals surface area contributed by atoms with E-state index in [2.05, 4.69) is 4.98 Å². The van der Waals surface area contributed by atoms with E-state index >= 15 is 0 Å². The van der Waals surface area contributed by atoms with Crippen LogP contribution >= 0.6 is 11.8 Å². The standard InChI is InChI=1S/C20H17NO2S/c22-19(15-24-17-11-5-2-6-12-17)23-20(16-9-3-1-4-10-16)18-13-7-8-14-21-18/h1-14,20H,15H2. The molecule has 3 rings (SSSR count). The van der Waals surface area contributed by atoms with Crippen molar-refractivity contribution >= 4 is 17.7 Å². The molecule has 1 atom stereocenters. The zero-order valence-electron chi connectivity index (χ0n) is 13.0. The molecule has 1 aromatic heterocycles. The summed E-state index contributed by atoms with van der Waals surface area (Å²) in [6.07, 6.45) is 1.22. The Balaban J connectivity index is 1.71. The maximum absolute atomic E-state index is 12.3. The van der Waals surface area contributed by atoms with Gasteiger partial charge in [-0.15, -0.1) is 11.8 Å². The van der Waals surface area contributed by atoms with Crippen molar-refractivity contribution < 1.29 is 9.53 Å². The molecule has 0 N–H and O–H groups in total. The minimum Gasteiger partial charge on any atom is -0.450 e. The number of hydrogen-bond acceptors (Lipinski definition) is 4. The lowest BCUT2D eigenvalue weighted by molar-refractivity contribution is -0.144. The number of benzene rings is 2. The SMILES string of the molecule is O=C(CSc1ccccc1)OC(c1ccccc1)c1ccccn1. The Kier molecular flexibility index (Phi) is 5.64. The van der Waals surface area contributed by atoms with Crippen LogP contribution in [0.15, 0.2) is 90.0 Å². The second kappa shape index (κ2) is 8.31. The van der Waals surface area contributed by atoms with E-state index in [-0.39, 0.29) is 11.7 Å². The Hall–Kier alpha value is -2.59.